The monoisotopic (exact) mass is 371 g/mol. The number of rotatable bonds is 6. The number of nitro groups is 1. The van der Waals surface area contributed by atoms with Crippen molar-refractivity contribution < 1.29 is 19.2 Å². The van der Waals surface area contributed by atoms with Gasteiger partial charge in [0.1, 0.15) is 0 Å². The van der Waals surface area contributed by atoms with E-state index in [1.807, 2.05) is 32.0 Å². The summed E-state index contributed by atoms with van der Waals surface area (Å²) in [6.07, 6.45) is -1.08. The first-order valence-electron chi connectivity index (χ1n) is 8.28. The number of esters is 1. The number of nitro benzene ring substituents is 1. The van der Waals surface area contributed by atoms with Gasteiger partial charge >= 0.3 is 5.97 Å². The number of anilines is 2. The lowest BCUT2D eigenvalue weighted by atomic mass is 10.1. The van der Waals surface area contributed by atoms with Crippen LogP contribution in [0.2, 0.25) is 0 Å². The highest BCUT2D eigenvalue weighted by Gasteiger charge is 2.23. The van der Waals surface area contributed by atoms with Gasteiger partial charge in [0.25, 0.3) is 11.6 Å². The lowest BCUT2D eigenvalue weighted by molar-refractivity contribution is -0.384. The van der Waals surface area contributed by atoms with E-state index in [1.165, 1.54) is 19.1 Å². The van der Waals surface area contributed by atoms with Crippen LogP contribution in [0.25, 0.3) is 0 Å². The third kappa shape index (κ3) is 4.81. The first-order chi connectivity index (χ1) is 12.7. The molecule has 0 aliphatic rings. The summed E-state index contributed by atoms with van der Waals surface area (Å²) in [7, 11) is 1.58. The number of nitrogens with one attached hydrogen (secondary N) is 2. The molecule has 0 unspecified atom stereocenters. The molecule has 2 aromatic rings. The lowest BCUT2D eigenvalue weighted by Gasteiger charge is -2.16. The molecule has 2 rings (SSSR count). The zero-order valence-corrected chi connectivity index (χ0v) is 15.5. The summed E-state index contributed by atoms with van der Waals surface area (Å²) in [5, 5.41) is 16.4. The summed E-state index contributed by atoms with van der Waals surface area (Å²) in [5.41, 5.74) is 2.60. The van der Waals surface area contributed by atoms with E-state index in [0.717, 1.165) is 17.2 Å². The third-order valence-corrected chi connectivity index (χ3v) is 4.01. The molecule has 0 saturated carbocycles. The molecule has 0 aromatic heterocycles. The van der Waals surface area contributed by atoms with Crippen molar-refractivity contribution in [3.05, 3.63) is 63.2 Å². The van der Waals surface area contributed by atoms with Gasteiger partial charge in [-0.15, -0.1) is 0 Å². The van der Waals surface area contributed by atoms with Gasteiger partial charge in [-0.25, -0.2) is 4.79 Å². The van der Waals surface area contributed by atoms with Crippen molar-refractivity contribution >= 4 is 28.9 Å². The van der Waals surface area contributed by atoms with Crippen LogP contribution in [-0.4, -0.2) is 30.0 Å². The number of ether oxygens (including phenoxy) is 1. The molecule has 8 heteroatoms. The summed E-state index contributed by atoms with van der Waals surface area (Å²) in [4.78, 5) is 35.1. The van der Waals surface area contributed by atoms with E-state index >= 15 is 0 Å². The maximum atomic E-state index is 12.4. The maximum Gasteiger partial charge on any atom is 0.341 e. The van der Waals surface area contributed by atoms with Gasteiger partial charge in [-0.1, -0.05) is 12.1 Å². The van der Waals surface area contributed by atoms with Crippen molar-refractivity contribution in [2.75, 3.05) is 17.7 Å². The number of carbonyl (C=O) groups excluding carboxylic acids is 2. The van der Waals surface area contributed by atoms with Crippen molar-refractivity contribution in [3.63, 3.8) is 0 Å². The van der Waals surface area contributed by atoms with Gasteiger partial charge in [-0.2, -0.15) is 0 Å². The lowest BCUT2D eigenvalue weighted by Crippen LogP contribution is -2.30. The quantitative estimate of drug-likeness (QED) is 0.457. The van der Waals surface area contributed by atoms with Crippen LogP contribution in [0.15, 0.2) is 36.4 Å². The van der Waals surface area contributed by atoms with E-state index in [1.54, 1.807) is 7.05 Å². The van der Waals surface area contributed by atoms with Gasteiger partial charge in [0.05, 0.1) is 10.5 Å². The summed E-state index contributed by atoms with van der Waals surface area (Å²) < 4.78 is 5.20. The van der Waals surface area contributed by atoms with E-state index in [9.17, 15) is 19.7 Å². The summed E-state index contributed by atoms with van der Waals surface area (Å²) in [5.74, 6) is -1.32. The Hall–Kier alpha value is -3.42. The zero-order valence-electron chi connectivity index (χ0n) is 15.5. The van der Waals surface area contributed by atoms with E-state index in [2.05, 4.69) is 10.6 Å². The number of hydrogen-bond acceptors (Lipinski definition) is 6. The van der Waals surface area contributed by atoms with Crippen LogP contribution in [0.4, 0.5) is 17.1 Å². The predicted molar refractivity (Wildman–Crippen MR) is 102 cm³/mol. The number of carbonyl (C=O) groups is 2. The van der Waals surface area contributed by atoms with E-state index in [-0.39, 0.29) is 11.3 Å². The minimum Gasteiger partial charge on any atom is -0.449 e. The second kappa shape index (κ2) is 8.31. The van der Waals surface area contributed by atoms with Gasteiger partial charge in [0.2, 0.25) is 0 Å². The van der Waals surface area contributed by atoms with Crippen LogP contribution >= 0.6 is 0 Å². The van der Waals surface area contributed by atoms with Crippen LogP contribution in [-0.2, 0) is 9.53 Å². The Morgan fingerprint density at radius 1 is 1.11 bits per heavy atom. The molecule has 8 nitrogen and oxygen atoms in total. The molecule has 0 aliphatic heterocycles. The Kier molecular flexibility index (Phi) is 6.12. The molecule has 1 atom stereocenters. The fraction of sp³-hybridized carbons (Fsp3) is 0.263. The van der Waals surface area contributed by atoms with Gasteiger partial charge < -0.3 is 15.4 Å². The zero-order chi connectivity index (χ0) is 20.1. The van der Waals surface area contributed by atoms with Gasteiger partial charge in [0, 0.05) is 30.6 Å². The predicted octanol–water partition coefficient (Wildman–Crippen LogP) is 3.44. The van der Waals surface area contributed by atoms with Crippen LogP contribution in [0.1, 0.15) is 28.4 Å². The van der Waals surface area contributed by atoms with Crippen LogP contribution < -0.4 is 10.6 Å². The largest absolute Gasteiger partial charge is 0.449 e. The SMILES string of the molecule is CNc1ccc([N+](=O)[O-])cc1C(=O)O[C@@H](C)C(=O)Nc1cc(C)ccc1C. The van der Waals surface area contributed by atoms with Gasteiger partial charge in [0.15, 0.2) is 6.10 Å². The number of aryl methyl sites for hydroxylation is 2. The summed E-state index contributed by atoms with van der Waals surface area (Å²) in [6, 6.07) is 9.43. The Balaban J connectivity index is 2.15. The maximum absolute atomic E-state index is 12.4. The Morgan fingerprint density at radius 3 is 2.44 bits per heavy atom. The number of benzene rings is 2. The summed E-state index contributed by atoms with van der Waals surface area (Å²) in [6.45, 7) is 5.20. The number of non-ortho nitro benzene ring substituents is 1. The molecular formula is C19H21N3O5. The highest BCUT2D eigenvalue weighted by Crippen LogP contribution is 2.23. The third-order valence-electron chi connectivity index (χ3n) is 4.01. The highest BCUT2D eigenvalue weighted by molar-refractivity contribution is 6.00. The molecule has 27 heavy (non-hydrogen) atoms. The van der Waals surface area contributed by atoms with Gasteiger partial charge in [-0.3, -0.25) is 14.9 Å². The first kappa shape index (κ1) is 19.9. The average molecular weight is 371 g/mol. The van der Waals surface area contributed by atoms with E-state index in [4.69, 9.17) is 4.74 Å². The number of hydrogen-bond donors (Lipinski definition) is 2. The van der Waals surface area contributed by atoms with E-state index in [0.29, 0.717) is 11.4 Å². The molecule has 0 fully saturated rings. The average Bonchev–Trinajstić information content (AvgIpc) is 2.63. The minimum absolute atomic E-state index is 0.0157. The van der Waals surface area contributed by atoms with Crippen molar-refractivity contribution in [2.45, 2.75) is 26.9 Å². The highest BCUT2D eigenvalue weighted by atomic mass is 16.6. The molecule has 2 aromatic carbocycles. The van der Waals surface area contributed by atoms with Crippen LogP contribution in [0.3, 0.4) is 0 Å². The van der Waals surface area contributed by atoms with E-state index < -0.39 is 22.9 Å². The Bertz CT molecular complexity index is 895. The molecule has 0 heterocycles. The fourth-order valence-corrected chi connectivity index (χ4v) is 2.42. The van der Waals surface area contributed by atoms with Crippen LogP contribution in [0, 0.1) is 24.0 Å². The smallest absolute Gasteiger partial charge is 0.341 e. The molecule has 1 amide bonds. The van der Waals surface area contributed by atoms with Crippen molar-refractivity contribution in [1.82, 2.24) is 0 Å². The molecule has 0 radical (unpaired) electrons. The standard InChI is InChI=1S/C19H21N3O5/c1-11-5-6-12(2)17(9-11)21-18(23)13(3)27-19(24)15-10-14(22(25)26)7-8-16(15)20-4/h5-10,13,20H,1-4H3,(H,21,23)/t13-/m0/s1. The number of nitrogens with zero attached hydrogens (tertiary/aromatic N) is 1. The minimum atomic E-state index is -1.08. The molecule has 2 N–H and O–H groups in total. The fourth-order valence-electron chi connectivity index (χ4n) is 2.42. The van der Waals surface area contributed by atoms with Crippen molar-refractivity contribution in [2.24, 2.45) is 0 Å². The second-order valence-corrected chi connectivity index (χ2v) is 6.09. The molecular weight excluding hydrogens is 350 g/mol. The second-order valence-electron chi connectivity index (χ2n) is 6.09. The Morgan fingerprint density at radius 2 is 1.81 bits per heavy atom. The van der Waals surface area contributed by atoms with Gasteiger partial charge in [-0.05, 0) is 44.0 Å². The topological polar surface area (TPSA) is 111 Å². The summed E-state index contributed by atoms with van der Waals surface area (Å²) >= 11 is 0. The molecule has 0 spiro atoms. The first-order valence-corrected chi connectivity index (χ1v) is 8.28. The molecule has 0 aliphatic carbocycles. The number of amides is 1. The normalized spacial score (nSPS) is 11.4. The Labute approximate surface area is 156 Å². The molecule has 0 bridgehead atoms. The van der Waals surface area contributed by atoms with Crippen molar-refractivity contribution in [1.29, 1.82) is 0 Å². The molecule has 0 saturated heterocycles. The van der Waals surface area contributed by atoms with Crippen LogP contribution in [0.5, 0.6) is 0 Å². The molecule has 142 valence electrons. The van der Waals surface area contributed by atoms with Crippen molar-refractivity contribution in [3.8, 4) is 0 Å².